The average molecular weight is 359 g/mol. The van der Waals surface area contributed by atoms with Crippen molar-refractivity contribution in [3.8, 4) is 0 Å². The Bertz CT molecular complexity index is 857. The van der Waals surface area contributed by atoms with Crippen molar-refractivity contribution in [2.24, 2.45) is 0 Å². The lowest BCUT2D eigenvalue weighted by Gasteiger charge is -2.12. The highest BCUT2D eigenvalue weighted by molar-refractivity contribution is 5.86. The largest absolute Gasteiger partial charge is 0.344 e. The quantitative estimate of drug-likeness (QED) is 0.651. The fourth-order valence-electron chi connectivity index (χ4n) is 3.92. The highest BCUT2D eigenvalue weighted by Gasteiger charge is 2.21. The second-order valence-electron chi connectivity index (χ2n) is 6.82. The fraction of sp³-hybridized carbons (Fsp3) is 0.333. The van der Waals surface area contributed by atoms with Gasteiger partial charge < -0.3 is 9.47 Å². The first-order valence-electron chi connectivity index (χ1n) is 8.74. The van der Waals surface area contributed by atoms with Crippen molar-refractivity contribution in [1.29, 1.82) is 0 Å². The van der Waals surface area contributed by atoms with Gasteiger partial charge in [-0.3, -0.25) is 0 Å². The molecule has 1 aliphatic rings. The molecular weight excluding hydrogens is 335 g/mol. The number of aromatic nitrogens is 1. The van der Waals surface area contributed by atoms with E-state index in [1.807, 2.05) is 6.07 Å². The van der Waals surface area contributed by atoms with Crippen LogP contribution in [-0.2, 0) is 25.9 Å². The molecule has 2 aromatic carbocycles. The van der Waals surface area contributed by atoms with Crippen LogP contribution in [-0.4, -0.2) is 23.1 Å². The maximum absolute atomic E-state index is 13.8. The van der Waals surface area contributed by atoms with Gasteiger partial charge in [0.25, 0.3) is 0 Å². The average Bonchev–Trinajstić information content (AvgIpc) is 2.73. The molecule has 2 heterocycles. The van der Waals surface area contributed by atoms with Crippen molar-refractivity contribution < 1.29 is 4.39 Å². The van der Waals surface area contributed by atoms with Gasteiger partial charge in [0.15, 0.2) is 0 Å². The van der Waals surface area contributed by atoms with E-state index in [-0.39, 0.29) is 18.2 Å². The second kappa shape index (κ2) is 7.59. The monoisotopic (exact) mass is 358 g/mol. The summed E-state index contributed by atoms with van der Waals surface area (Å²) < 4.78 is 16.3. The summed E-state index contributed by atoms with van der Waals surface area (Å²) in [6, 6.07) is 15.8. The molecule has 1 aliphatic heterocycles. The summed E-state index contributed by atoms with van der Waals surface area (Å²) in [6.45, 7) is 2.96. The van der Waals surface area contributed by atoms with Crippen molar-refractivity contribution in [2.45, 2.75) is 32.4 Å². The van der Waals surface area contributed by atoms with Crippen LogP contribution in [0.1, 0.15) is 23.2 Å². The van der Waals surface area contributed by atoms with Crippen LogP contribution < -0.4 is 0 Å². The third-order valence-electron chi connectivity index (χ3n) is 5.10. The van der Waals surface area contributed by atoms with Crippen LogP contribution in [0.3, 0.4) is 0 Å². The Labute approximate surface area is 154 Å². The number of aryl methyl sites for hydroxylation is 2. The van der Waals surface area contributed by atoms with Gasteiger partial charge in [-0.25, -0.2) is 4.39 Å². The number of benzene rings is 2. The van der Waals surface area contributed by atoms with Gasteiger partial charge in [0.2, 0.25) is 0 Å². The van der Waals surface area contributed by atoms with Crippen molar-refractivity contribution in [1.82, 2.24) is 9.47 Å². The number of hydrogen-bond acceptors (Lipinski definition) is 1. The highest BCUT2D eigenvalue weighted by Crippen LogP contribution is 2.31. The predicted octanol–water partition coefficient (Wildman–Crippen LogP) is 4.82. The van der Waals surface area contributed by atoms with Gasteiger partial charge in [-0.2, -0.15) is 0 Å². The van der Waals surface area contributed by atoms with Crippen molar-refractivity contribution in [3.63, 3.8) is 0 Å². The molecule has 0 aliphatic carbocycles. The molecule has 3 aromatic rings. The van der Waals surface area contributed by atoms with Crippen LogP contribution in [0.4, 0.5) is 4.39 Å². The van der Waals surface area contributed by atoms with E-state index >= 15 is 0 Å². The lowest BCUT2D eigenvalue weighted by molar-refractivity contribution is 0.333. The van der Waals surface area contributed by atoms with Crippen LogP contribution in [0, 0.1) is 5.82 Å². The number of nitrogens with zero attached hydrogens (tertiary/aromatic N) is 2. The summed E-state index contributed by atoms with van der Waals surface area (Å²) in [7, 11) is 2.15. The third-order valence-corrected chi connectivity index (χ3v) is 5.10. The molecule has 25 heavy (non-hydrogen) atoms. The van der Waals surface area contributed by atoms with Crippen molar-refractivity contribution in [3.05, 3.63) is 71.2 Å². The SMILES string of the molecule is CN1CCCc2c(c3cc(F)ccc3n2CCc2ccccc2)C1.Cl. The van der Waals surface area contributed by atoms with Crippen LogP contribution in [0.5, 0.6) is 0 Å². The number of halogens is 2. The van der Waals surface area contributed by atoms with Crippen LogP contribution in [0.2, 0.25) is 0 Å². The number of hydrogen-bond donors (Lipinski definition) is 0. The molecule has 0 N–H and O–H groups in total. The standard InChI is InChI=1S/C21H23FN2.ClH/c1-23-12-5-8-20-19(15-23)18-14-17(22)9-10-21(18)24(20)13-11-16-6-3-2-4-7-16;/h2-4,6-7,9-10,14H,5,8,11-13,15H2,1H3;1H. The summed E-state index contributed by atoms with van der Waals surface area (Å²) in [4.78, 5) is 2.34. The third kappa shape index (κ3) is 3.58. The molecule has 4 heteroatoms. The Morgan fingerprint density at radius 1 is 1.08 bits per heavy atom. The fourth-order valence-corrected chi connectivity index (χ4v) is 3.92. The summed E-state index contributed by atoms with van der Waals surface area (Å²) in [6.07, 6.45) is 3.24. The maximum atomic E-state index is 13.8. The first-order chi connectivity index (χ1) is 11.7. The van der Waals surface area contributed by atoms with Crippen molar-refractivity contribution >= 4 is 23.3 Å². The van der Waals surface area contributed by atoms with Gasteiger partial charge in [0.1, 0.15) is 5.82 Å². The minimum absolute atomic E-state index is 0. The van der Waals surface area contributed by atoms with E-state index in [2.05, 4.69) is 46.8 Å². The van der Waals surface area contributed by atoms with Gasteiger partial charge in [-0.15, -0.1) is 12.4 Å². The smallest absolute Gasteiger partial charge is 0.123 e. The molecule has 0 saturated heterocycles. The zero-order valence-corrected chi connectivity index (χ0v) is 15.4. The van der Waals surface area contributed by atoms with Crippen LogP contribution in [0.25, 0.3) is 10.9 Å². The first-order valence-corrected chi connectivity index (χ1v) is 8.74. The maximum Gasteiger partial charge on any atom is 0.123 e. The lowest BCUT2D eigenvalue weighted by atomic mass is 10.1. The molecule has 0 atom stereocenters. The molecule has 2 nitrogen and oxygen atoms in total. The van der Waals surface area contributed by atoms with E-state index in [0.717, 1.165) is 44.3 Å². The first kappa shape index (κ1) is 18.0. The zero-order valence-electron chi connectivity index (χ0n) is 14.5. The topological polar surface area (TPSA) is 8.17 Å². The van der Waals surface area contributed by atoms with Gasteiger partial charge in [-0.1, -0.05) is 30.3 Å². The van der Waals surface area contributed by atoms with Crippen LogP contribution in [0.15, 0.2) is 48.5 Å². The minimum atomic E-state index is -0.141. The highest BCUT2D eigenvalue weighted by atomic mass is 35.5. The van der Waals surface area contributed by atoms with E-state index < -0.39 is 0 Å². The summed E-state index contributed by atoms with van der Waals surface area (Å²) in [5.41, 5.74) is 5.24. The predicted molar refractivity (Wildman–Crippen MR) is 104 cm³/mol. The van der Waals surface area contributed by atoms with E-state index in [1.54, 1.807) is 12.1 Å². The molecular formula is C21H24ClFN2. The molecule has 0 radical (unpaired) electrons. The lowest BCUT2D eigenvalue weighted by Crippen LogP contribution is -2.17. The van der Waals surface area contributed by atoms with E-state index in [0.29, 0.717) is 0 Å². The normalized spacial score (nSPS) is 14.8. The van der Waals surface area contributed by atoms with E-state index in [4.69, 9.17) is 0 Å². The Balaban J connectivity index is 0.00000182. The summed E-state index contributed by atoms with van der Waals surface area (Å²) >= 11 is 0. The number of rotatable bonds is 3. The Kier molecular flexibility index (Phi) is 5.45. The molecule has 132 valence electrons. The molecule has 0 saturated carbocycles. The molecule has 0 fully saturated rings. The molecule has 0 amide bonds. The van der Waals surface area contributed by atoms with E-state index in [1.165, 1.54) is 22.3 Å². The molecule has 0 bridgehead atoms. The van der Waals surface area contributed by atoms with Gasteiger partial charge in [-0.05, 0) is 62.2 Å². The van der Waals surface area contributed by atoms with Crippen molar-refractivity contribution in [2.75, 3.05) is 13.6 Å². The van der Waals surface area contributed by atoms with Crippen LogP contribution >= 0.6 is 12.4 Å². The molecule has 0 spiro atoms. The van der Waals surface area contributed by atoms with E-state index in [9.17, 15) is 4.39 Å². The Morgan fingerprint density at radius 3 is 2.68 bits per heavy atom. The summed E-state index contributed by atoms with van der Waals surface area (Å²) in [5, 5.41) is 1.09. The second-order valence-corrected chi connectivity index (χ2v) is 6.82. The minimum Gasteiger partial charge on any atom is -0.344 e. The van der Waals surface area contributed by atoms with Gasteiger partial charge in [0.05, 0.1) is 0 Å². The molecule has 0 unspecified atom stereocenters. The molecule has 4 rings (SSSR count). The summed E-state index contributed by atoms with van der Waals surface area (Å²) in [5.74, 6) is -0.141. The van der Waals surface area contributed by atoms with Gasteiger partial charge >= 0.3 is 0 Å². The zero-order chi connectivity index (χ0) is 16.5. The number of fused-ring (bicyclic) bond motifs is 3. The molecule has 1 aromatic heterocycles. The van der Waals surface area contributed by atoms with Gasteiger partial charge in [0, 0.05) is 29.7 Å². The Hall–Kier alpha value is -1.84. The Morgan fingerprint density at radius 2 is 1.88 bits per heavy atom.